The Morgan fingerprint density at radius 1 is 0.918 bits per heavy atom. The summed E-state index contributed by atoms with van der Waals surface area (Å²) in [4.78, 5) is 35.1. The minimum absolute atomic E-state index is 0.0452. The number of hydrogen-bond acceptors (Lipinski definition) is 10. The SMILES string of the molecule is CN1CCCC1CCOC(C)(c1ccccc1)c1ccc(Cl)cc1.COc1cc2c(cc1OC)C1C(=O)c3ccc4c(c3OC1CO2)CC(C(C)C)O4.O=C(O)C=CC(=O)O. The maximum atomic E-state index is 13.5. The largest absolute Gasteiger partial charge is 0.493 e. The van der Waals surface area contributed by atoms with Crippen LogP contribution >= 0.6 is 11.6 Å². The van der Waals surface area contributed by atoms with Gasteiger partial charge >= 0.3 is 11.9 Å². The number of nitrogens with zero attached hydrogens (tertiary/aromatic N) is 1. The van der Waals surface area contributed by atoms with E-state index in [-0.39, 0.29) is 18.0 Å². The van der Waals surface area contributed by atoms with E-state index in [9.17, 15) is 14.4 Å². The van der Waals surface area contributed by atoms with Gasteiger partial charge in [0.05, 0.1) is 25.7 Å². The zero-order valence-electron chi connectivity index (χ0n) is 35.4. The molecule has 324 valence electrons. The van der Waals surface area contributed by atoms with E-state index in [0.29, 0.717) is 59.3 Å². The molecule has 4 aromatic carbocycles. The summed E-state index contributed by atoms with van der Waals surface area (Å²) >= 11 is 6.07. The first-order chi connectivity index (χ1) is 29.2. The number of aliphatic carboxylic acids is 2. The van der Waals surface area contributed by atoms with Crippen LogP contribution in [0, 0.1) is 5.92 Å². The summed E-state index contributed by atoms with van der Waals surface area (Å²) in [5.74, 6) is 0.726. The third-order valence-corrected chi connectivity index (χ3v) is 11.9. The van der Waals surface area contributed by atoms with Gasteiger partial charge in [-0.15, -0.1) is 0 Å². The van der Waals surface area contributed by atoms with Gasteiger partial charge in [-0.1, -0.05) is 67.9 Å². The second-order valence-corrected chi connectivity index (χ2v) is 16.3. The zero-order valence-corrected chi connectivity index (χ0v) is 36.1. The fourth-order valence-electron chi connectivity index (χ4n) is 8.21. The summed E-state index contributed by atoms with van der Waals surface area (Å²) in [6, 6.07) is 26.4. The van der Waals surface area contributed by atoms with Crippen molar-refractivity contribution in [3.05, 3.63) is 124 Å². The molecular formula is C48H54ClNO11. The fourth-order valence-corrected chi connectivity index (χ4v) is 8.33. The normalized spacial score (nSPS) is 20.8. The van der Waals surface area contributed by atoms with Crippen molar-refractivity contribution in [1.82, 2.24) is 4.90 Å². The van der Waals surface area contributed by atoms with Crippen LogP contribution in [0.2, 0.25) is 5.02 Å². The number of fused-ring (bicyclic) bond motifs is 6. The number of rotatable bonds is 11. The molecule has 0 bridgehead atoms. The molecule has 1 saturated heterocycles. The van der Waals surface area contributed by atoms with Gasteiger partial charge < -0.3 is 43.5 Å². The zero-order chi connectivity index (χ0) is 43.8. The molecule has 1 fully saturated rings. The second-order valence-electron chi connectivity index (χ2n) is 15.9. The monoisotopic (exact) mass is 855 g/mol. The predicted octanol–water partition coefficient (Wildman–Crippen LogP) is 8.60. The quantitative estimate of drug-likeness (QED) is 0.139. The van der Waals surface area contributed by atoms with Gasteiger partial charge in [0.1, 0.15) is 41.7 Å². The van der Waals surface area contributed by atoms with Crippen LogP contribution in [0.4, 0.5) is 0 Å². The number of carboxylic acids is 2. The van der Waals surface area contributed by atoms with Gasteiger partial charge in [0.25, 0.3) is 0 Å². The number of carbonyl (C=O) groups is 3. The Hall–Kier alpha value is -5.56. The van der Waals surface area contributed by atoms with E-state index >= 15 is 0 Å². The number of hydrogen-bond donors (Lipinski definition) is 2. The van der Waals surface area contributed by atoms with Crippen LogP contribution < -0.4 is 23.7 Å². The van der Waals surface area contributed by atoms with Gasteiger partial charge in [-0.3, -0.25) is 4.79 Å². The highest BCUT2D eigenvalue weighted by atomic mass is 35.5. The first kappa shape index (κ1) is 45.0. The fraction of sp³-hybridized carbons (Fsp3) is 0.396. The summed E-state index contributed by atoms with van der Waals surface area (Å²) < 4.78 is 35.6. The minimum Gasteiger partial charge on any atom is -0.493 e. The van der Waals surface area contributed by atoms with E-state index in [4.69, 9.17) is 50.2 Å². The maximum absolute atomic E-state index is 13.5. The number of benzene rings is 4. The Kier molecular flexibility index (Phi) is 14.7. The standard InChI is InChI=1S/C23H24O6.C21H26ClNO.C4H4O4/c1-11(2)16-8-14-15(28-16)6-5-12-22(24)21-13-7-18(25-3)19(26-4)9-17(13)27-10-20(21)29-23(12)14;1-21(17-7-4-3-5-8-17,18-10-12-19(22)13-11-18)24-16-14-20-9-6-15-23(20)2;5-3(6)1-2-4(7)8/h5-7,9,11,16,20-21H,8,10H2,1-4H3;3-5,7-8,10-13,20H,6,9,14-16H2,1-2H3;1-2H,(H,5,6)(H,7,8). The van der Waals surface area contributed by atoms with E-state index in [0.717, 1.165) is 46.9 Å². The van der Waals surface area contributed by atoms with Gasteiger partial charge in [-0.05, 0) is 87.2 Å². The second kappa shape index (κ2) is 19.9. The van der Waals surface area contributed by atoms with Crippen molar-refractivity contribution in [3.8, 4) is 28.7 Å². The Morgan fingerprint density at radius 3 is 2.18 bits per heavy atom. The molecular weight excluding hydrogens is 802 g/mol. The molecule has 5 atom stereocenters. The lowest BCUT2D eigenvalue weighted by atomic mass is 9.81. The average molecular weight is 856 g/mol. The Bertz CT molecular complexity index is 2190. The highest BCUT2D eigenvalue weighted by molar-refractivity contribution is 6.30. The summed E-state index contributed by atoms with van der Waals surface area (Å²) in [6.07, 6.45) is 5.25. The topological polar surface area (TPSA) is 150 Å². The number of Topliss-reactive ketones (excluding diaryl/α,β-unsaturated/α-hetero) is 1. The van der Waals surface area contributed by atoms with Crippen LogP contribution in [-0.2, 0) is 26.3 Å². The van der Waals surface area contributed by atoms with Crippen molar-refractivity contribution in [2.75, 3.05) is 41.0 Å². The maximum Gasteiger partial charge on any atom is 0.328 e. The van der Waals surface area contributed by atoms with E-state index in [1.165, 1.54) is 24.9 Å². The molecule has 4 heterocycles. The summed E-state index contributed by atoms with van der Waals surface area (Å²) in [5, 5.41) is 16.4. The van der Waals surface area contributed by atoms with Gasteiger partial charge in [0, 0.05) is 53.4 Å². The molecule has 61 heavy (non-hydrogen) atoms. The molecule has 12 nitrogen and oxygen atoms in total. The van der Waals surface area contributed by atoms with Gasteiger partial charge in [-0.25, -0.2) is 9.59 Å². The van der Waals surface area contributed by atoms with Gasteiger partial charge in [0.2, 0.25) is 0 Å². The van der Waals surface area contributed by atoms with Gasteiger partial charge in [-0.2, -0.15) is 0 Å². The Balaban J connectivity index is 0.000000176. The lowest BCUT2D eigenvalue weighted by Crippen LogP contribution is -2.43. The first-order valence-corrected chi connectivity index (χ1v) is 20.8. The van der Waals surface area contributed by atoms with Crippen molar-refractivity contribution >= 4 is 29.3 Å². The number of likely N-dealkylation sites (tertiary alicyclic amines) is 1. The molecule has 0 spiro atoms. The predicted molar refractivity (Wildman–Crippen MR) is 231 cm³/mol. The molecule has 4 aromatic rings. The molecule has 0 aromatic heterocycles. The molecule has 0 saturated carbocycles. The van der Waals surface area contributed by atoms with E-state index < -0.39 is 23.5 Å². The molecule has 13 heteroatoms. The number of carbonyl (C=O) groups excluding carboxylic acids is 1. The van der Waals surface area contributed by atoms with Crippen LogP contribution in [0.15, 0.2) is 91.0 Å². The van der Waals surface area contributed by atoms with Crippen LogP contribution in [0.5, 0.6) is 28.7 Å². The molecule has 4 aliphatic rings. The van der Waals surface area contributed by atoms with Crippen molar-refractivity contribution in [3.63, 3.8) is 0 Å². The highest BCUT2D eigenvalue weighted by Crippen LogP contribution is 2.50. The summed E-state index contributed by atoms with van der Waals surface area (Å²) in [7, 11) is 5.37. The van der Waals surface area contributed by atoms with Crippen LogP contribution in [0.25, 0.3) is 0 Å². The third kappa shape index (κ3) is 10.3. The van der Waals surface area contributed by atoms with Gasteiger partial charge in [0.15, 0.2) is 17.3 Å². The van der Waals surface area contributed by atoms with E-state index in [1.54, 1.807) is 20.3 Å². The molecule has 0 amide bonds. The van der Waals surface area contributed by atoms with Crippen molar-refractivity contribution < 1.29 is 53.0 Å². The highest BCUT2D eigenvalue weighted by Gasteiger charge is 2.46. The number of halogens is 1. The van der Waals surface area contributed by atoms with Crippen molar-refractivity contribution in [2.24, 2.45) is 5.92 Å². The first-order valence-electron chi connectivity index (χ1n) is 20.5. The van der Waals surface area contributed by atoms with Crippen LogP contribution in [0.1, 0.15) is 78.6 Å². The molecule has 8 rings (SSSR count). The summed E-state index contributed by atoms with van der Waals surface area (Å²) in [6.45, 7) is 8.69. The third-order valence-electron chi connectivity index (χ3n) is 11.7. The number of carboxylic acid groups (broad SMARTS) is 2. The van der Waals surface area contributed by atoms with E-state index in [2.05, 4.69) is 69.1 Å². The molecule has 2 N–H and O–H groups in total. The number of ether oxygens (including phenoxy) is 6. The molecule has 5 unspecified atom stereocenters. The Labute approximate surface area is 361 Å². The van der Waals surface area contributed by atoms with Crippen LogP contribution in [-0.4, -0.2) is 92.1 Å². The number of ketones is 1. The summed E-state index contributed by atoms with van der Waals surface area (Å²) in [5.41, 5.74) is 4.23. The molecule has 0 radical (unpaired) electrons. The van der Waals surface area contributed by atoms with Crippen LogP contribution in [0.3, 0.4) is 0 Å². The Morgan fingerprint density at radius 2 is 1.57 bits per heavy atom. The lowest BCUT2D eigenvalue weighted by molar-refractivity contribution is -0.134. The number of methoxy groups -OCH3 is 2. The smallest absolute Gasteiger partial charge is 0.328 e. The van der Waals surface area contributed by atoms with Crippen molar-refractivity contribution in [2.45, 2.75) is 76.2 Å². The molecule has 0 aliphatic carbocycles. The van der Waals surface area contributed by atoms with Crippen molar-refractivity contribution in [1.29, 1.82) is 0 Å². The lowest BCUT2D eigenvalue weighted by Gasteiger charge is -2.37. The molecule has 4 aliphatic heterocycles. The minimum atomic E-state index is -1.26. The van der Waals surface area contributed by atoms with E-state index in [1.807, 2.05) is 36.4 Å². The average Bonchev–Trinajstić information content (AvgIpc) is 3.89.